The molecule has 0 aliphatic carbocycles. The SMILES string of the molecule is c1ccc(N2c3ccc(cc3)Nc3ncnc2n3)cc1. The highest BCUT2D eigenvalue weighted by Crippen LogP contribution is 2.34. The first-order valence-electron chi connectivity index (χ1n) is 6.31. The molecule has 0 amide bonds. The second-order valence-corrected chi connectivity index (χ2v) is 4.45. The Kier molecular flexibility index (Phi) is 2.35. The van der Waals surface area contributed by atoms with E-state index in [9.17, 15) is 0 Å². The van der Waals surface area contributed by atoms with E-state index in [-0.39, 0.29) is 0 Å². The normalized spacial score (nSPS) is 12.3. The Balaban J connectivity index is 1.98. The lowest BCUT2D eigenvalue weighted by Crippen LogP contribution is -2.13. The zero-order chi connectivity index (χ0) is 13.4. The molecule has 0 unspecified atom stereocenters. The number of nitrogens with zero attached hydrogens (tertiary/aromatic N) is 4. The number of aromatic nitrogens is 3. The van der Waals surface area contributed by atoms with E-state index in [0.717, 1.165) is 17.1 Å². The molecular formula is C15H11N5. The topological polar surface area (TPSA) is 53.9 Å². The van der Waals surface area contributed by atoms with Gasteiger partial charge in [-0.05, 0) is 36.4 Å². The van der Waals surface area contributed by atoms with E-state index in [0.29, 0.717) is 11.9 Å². The number of para-hydroxylation sites is 1. The Bertz CT molecular complexity index is 740. The molecule has 96 valence electrons. The van der Waals surface area contributed by atoms with Crippen molar-refractivity contribution in [3.8, 4) is 0 Å². The van der Waals surface area contributed by atoms with Gasteiger partial charge < -0.3 is 5.32 Å². The zero-order valence-electron chi connectivity index (χ0n) is 10.6. The standard InChI is InChI=1S/C15H11N5/c1-2-4-12(5-3-1)20-13-8-6-11(7-9-13)18-14-16-10-17-15(20)19-14/h1-10H,(H,16,17,18,19). The van der Waals surface area contributed by atoms with E-state index in [1.165, 1.54) is 6.33 Å². The Hall–Kier alpha value is -2.95. The molecule has 2 aliphatic rings. The van der Waals surface area contributed by atoms with Gasteiger partial charge in [0.25, 0.3) is 0 Å². The first-order chi connectivity index (χ1) is 9.90. The number of fused-ring (bicyclic) bond motifs is 2. The Labute approximate surface area is 116 Å². The van der Waals surface area contributed by atoms with Crippen molar-refractivity contribution in [2.24, 2.45) is 0 Å². The van der Waals surface area contributed by atoms with E-state index in [1.54, 1.807) is 0 Å². The number of nitrogens with one attached hydrogen (secondary N) is 1. The van der Waals surface area contributed by atoms with Crippen LogP contribution in [0.3, 0.4) is 0 Å². The molecule has 1 N–H and O–H groups in total. The minimum absolute atomic E-state index is 0.545. The van der Waals surface area contributed by atoms with Gasteiger partial charge in [0, 0.05) is 17.1 Å². The van der Waals surface area contributed by atoms with E-state index >= 15 is 0 Å². The first-order valence-corrected chi connectivity index (χ1v) is 6.31. The van der Waals surface area contributed by atoms with Gasteiger partial charge >= 0.3 is 0 Å². The lowest BCUT2D eigenvalue weighted by atomic mass is 10.2. The second-order valence-electron chi connectivity index (χ2n) is 4.45. The molecule has 4 bridgehead atoms. The molecule has 0 radical (unpaired) electrons. The van der Waals surface area contributed by atoms with Crippen molar-refractivity contribution < 1.29 is 0 Å². The van der Waals surface area contributed by atoms with Crippen LogP contribution in [-0.4, -0.2) is 15.0 Å². The largest absolute Gasteiger partial charge is 0.324 e. The highest BCUT2D eigenvalue weighted by molar-refractivity contribution is 5.75. The third-order valence-electron chi connectivity index (χ3n) is 3.16. The molecule has 3 aromatic rings. The quantitative estimate of drug-likeness (QED) is 0.569. The maximum atomic E-state index is 4.46. The predicted octanol–water partition coefficient (Wildman–Crippen LogP) is 3.40. The highest BCUT2D eigenvalue weighted by Gasteiger charge is 2.17. The number of rotatable bonds is 1. The number of anilines is 5. The lowest BCUT2D eigenvalue weighted by Gasteiger charge is -2.22. The van der Waals surface area contributed by atoms with Gasteiger partial charge in [0.2, 0.25) is 11.9 Å². The van der Waals surface area contributed by atoms with Gasteiger partial charge in [0.05, 0.1) is 0 Å². The maximum Gasteiger partial charge on any atom is 0.239 e. The van der Waals surface area contributed by atoms with E-state index < -0.39 is 0 Å². The van der Waals surface area contributed by atoms with Gasteiger partial charge in [-0.15, -0.1) is 0 Å². The maximum absolute atomic E-state index is 4.46. The monoisotopic (exact) mass is 261 g/mol. The summed E-state index contributed by atoms with van der Waals surface area (Å²) in [7, 11) is 0. The van der Waals surface area contributed by atoms with Crippen molar-refractivity contribution in [1.82, 2.24) is 15.0 Å². The Morgan fingerprint density at radius 2 is 1.55 bits per heavy atom. The molecule has 0 saturated carbocycles. The van der Waals surface area contributed by atoms with Crippen LogP contribution in [0, 0.1) is 0 Å². The van der Waals surface area contributed by atoms with Gasteiger partial charge in [-0.25, -0.2) is 9.97 Å². The zero-order valence-corrected chi connectivity index (χ0v) is 10.6. The summed E-state index contributed by atoms with van der Waals surface area (Å²) < 4.78 is 0. The fraction of sp³-hybridized carbons (Fsp3) is 0. The van der Waals surface area contributed by atoms with Crippen LogP contribution >= 0.6 is 0 Å². The molecule has 0 atom stereocenters. The Morgan fingerprint density at radius 3 is 2.35 bits per heavy atom. The summed E-state index contributed by atoms with van der Waals surface area (Å²) in [6.45, 7) is 0. The second kappa shape index (κ2) is 4.31. The highest BCUT2D eigenvalue weighted by atomic mass is 15.3. The van der Waals surface area contributed by atoms with Gasteiger partial charge in [0.15, 0.2) is 0 Å². The molecule has 0 spiro atoms. The summed E-state index contributed by atoms with van der Waals surface area (Å²) in [5, 5.41) is 3.16. The van der Waals surface area contributed by atoms with Crippen molar-refractivity contribution in [1.29, 1.82) is 0 Å². The molecule has 2 aromatic carbocycles. The van der Waals surface area contributed by atoms with Crippen molar-refractivity contribution in [3.05, 3.63) is 60.9 Å². The van der Waals surface area contributed by atoms with Crippen LogP contribution in [0.15, 0.2) is 60.9 Å². The van der Waals surface area contributed by atoms with Crippen LogP contribution in [-0.2, 0) is 0 Å². The lowest BCUT2D eigenvalue weighted by molar-refractivity contribution is 1.02. The van der Waals surface area contributed by atoms with Crippen LogP contribution in [0.5, 0.6) is 0 Å². The van der Waals surface area contributed by atoms with E-state index in [4.69, 9.17) is 0 Å². The molecule has 1 aromatic heterocycles. The molecule has 3 heterocycles. The van der Waals surface area contributed by atoms with E-state index in [1.807, 2.05) is 59.5 Å². The smallest absolute Gasteiger partial charge is 0.239 e. The van der Waals surface area contributed by atoms with Crippen molar-refractivity contribution in [2.75, 3.05) is 10.2 Å². The van der Waals surface area contributed by atoms with Crippen LogP contribution in [0.25, 0.3) is 0 Å². The molecule has 0 fully saturated rings. The predicted molar refractivity (Wildman–Crippen MR) is 77.8 cm³/mol. The number of hydrogen-bond acceptors (Lipinski definition) is 5. The molecule has 2 aliphatic heterocycles. The third kappa shape index (κ3) is 1.76. The van der Waals surface area contributed by atoms with Gasteiger partial charge in [-0.3, -0.25) is 4.90 Å². The fourth-order valence-electron chi connectivity index (χ4n) is 2.24. The van der Waals surface area contributed by atoms with Gasteiger partial charge in [-0.2, -0.15) is 4.98 Å². The van der Waals surface area contributed by atoms with Crippen molar-refractivity contribution in [3.63, 3.8) is 0 Å². The van der Waals surface area contributed by atoms with Gasteiger partial charge in [0.1, 0.15) is 6.33 Å². The summed E-state index contributed by atoms with van der Waals surface area (Å²) >= 11 is 0. The fourth-order valence-corrected chi connectivity index (χ4v) is 2.24. The van der Waals surface area contributed by atoms with Crippen molar-refractivity contribution >= 4 is 29.0 Å². The van der Waals surface area contributed by atoms with Crippen LogP contribution in [0.1, 0.15) is 0 Å². The van der Waals surface area contributed by atoms with Crippen LogP contribution < -0.4 is 10.2 Å². The molecular weight excluding hydrogens is 250 g/mol. The van der Waals surface area contributed by atoms with Gasteiger partial charge in [-0.1, -0.05) is 18.2 Å². The summed E-state index contributed by atoms with van der Waals surface area (Å²) in [6.07, 6.45) is 1.52. The third-order valence-corrected chi connectivity index (χ3v) is 3.16. The minimum atomic E-state index is 0.545. The molecule has 20 heavy (non-hydrogen) atoms. The van der Waals surface area contributed by atoms with Crippen LogP contribution in [0.2, 0.25) is 0 Å². The summed E-state index contributed by atoms with van der Waals surface area (Å²) in [4.78, 5) is 14.9. The number of hydrogen-bond donors (Lipinski definition) is 1. The summed E-state index contributed by atoms with van der Waals surface area (Å²) in [6, 6.07) is 18.1. The molecule has 5 nitrogen and oxygen atoms in total. The summed E-state index contributed by atoms with van der Waals surface area (Å²) in [5.74, 6) is 1.14. The summed E-state index contributed by atoms with van der Waals surface area (Å²) in [5.41, 5.74) is 2.99. The Morgan fingerprint density at radius 1 is 0.800 bits per heavy atom. The van der Waals surface area contributed by atoms with E-state index in [2.05, 4.69) is 20.3 Å². The molecule has 5 rings (SSSR count). The molecule has 0 saturated heterocycles. The number of benzene rings is 2. The molecule has 5 heteroatoms. The average Bonchev–Trinajstić information content (AvgIpc) is 2.58. The van der Waals surface area contributed by atoms with Crippen molar-refractivity contribution in [2.45, 2.75) is 0 Å². The minimum Gasteiger partial charge on any atom is -0.324 e. The average molecular weight is 261 g/mol. The van der Waals surface area contributed by atoms with Crippen LogP contribution in [0.4, 0.5) is 29.0 Å². The first kappa shape index (κ1) is 10.9.